The molecule has 126 valence electrons. The van der Waals surface area contributed by atoms with Gasteiger partial charge in [0.05, 0.1) is 13.2 Å². The van der Waals surface area contributed by atoms with E-state index in [0.717, 1.165) is 25.7 Å². The van der Waals surface area contributed by atoms with E-state index in [1.807, 2.05) is 27.7 Å². The molecule has 0 spiro atoms. The molecule has 0 bridgehead atoms. The van der Waals surface area contributed by atoms with Crippen LogP contribution in [-0.4, -0.2) is 25.2 Å². The van der Waals surface area contributed by atoms with Gasteiger partial charge >= 0.3 is 11.9 Å². The van der Waals surface area contributed by atoms with E-state index in [9.17, 15) is 9.59 Å². The zero-order valence-electron chi connectivity index (χ0n) is 14.4. The number of carbonyl (C=O) groups is 2. The fraction of sp³-hybridized carbons (Fsp3) is 0.778. The summed E-state index contributed by atoms with van der Waals surface area (Å²) in [6.07, 6.45) is 7.36. The first-order valence-corrected chi connectivity index (χ1v) is 8.46. The molecule has 0 unspecified atom stereocenters. The zero-order chi connectivity index (χ0) is 16.5. The van der Waals surface area contributed by atoms with Crippen LogP contribution in [0.3, 0.4) is 0 Å². The van der Waals surface area contributed by atoms with Crippen LogP contribution in [0, 0.1) is 17.8 Å². The molecule has 0 amide bonds. The molecule has 22 heavy (non-hydrogen) atoms. The van der Waals surface area contributed by atoms with Crippen molar-refractivity contribution in [1.29, 1.82) is 0 Å². The molecule has 0 aliphatic heterocycles. The van der Waals surface area contributed by atoms with E-state index in [1.54, 1.807) is 6.08 Å². The number of esters is 2. The summed E-state index contributed by atoms with van der Waals surface area (Å²) >= 11 is 0. The van der Waals surface area contributed by atoms with Gasteiger partial charge < -0.3 is 9.47 Å². The Kier molecular flexibility index (Phi) is 8.21. The largest absolute Gasteiger partial charge is 0.462 e. The highest BCUT2D eigenvalue weighted by molar-refractivity contribution is 6.14. The highest BCUT2D eigenvalue weighted by Crippen LogP contribution is 2.26. The van der Waals surface area contributed by atoms with Crippen molar-refractivity contribution in [2.24, 2.45) is 17.8 Å². The van der Waals surface area contributed by atoms with Crippen molar-refractivity contribution in [1.82, 2.24) is 0 Å². The maximum atomic E-state index is 12.2. The number of hydrogen-bond donors (Lipinski definition) is 0. The van der Waals surface area contributed by atoms with Gasteiger partial charge in [-0.1, -0.05) is 53.0 Å². The first kappa shape index (κ1) is 18.7. The lowest BCUT2D eigenvalue weighted by molar-refractivity contribution is -0.148. The van der Waals surface area contributed by atoms with Crippen molar-refractivity contribution in [3.63, 3.8) is 0 Å². The fourth-order valence-corrected chi connectivity index (χ4v) is 2.40. The van der Waals surface area contributed by atoms with Gasteiger partial charge in [0.15, 0.2) is 0 Å². The van der Waals surface area contributed by atoms with E-state index in [4.69, 9.17) is 9.47 Å². The van der Waals surface area contributed by atoms with Crippen LogP contribution in [0.25, 0.3) is 0 Å². The van der Waals surface area contributed by atoms with Crippen LogP contribution in [0.15, 0.2) is 11.6 Å². The molecule has 0 aromatic carbocycles. The van der Waals surface area contributed by atoms with Crippen LogP contribution < -0.4 is 0 Å². The average Bonchev–Trinajstić information content (AvgIpc) is 2.48. The number of carbonyl (C=O) groups excluding carboxylic acids is 2. The highest BCUT2D eigenvalue weighted by Gasteiger charge is 2.24. The molecule has 1 saturated carbocycles. The average molecular weight is 310 g/mol. The first-order chi connectivity index (χ1) is 10.4. The minimum absolute atomic E-state index is 0.0770. The second-order valence-corrected chi connectivity index (χ2v) is 6.96. The van der Waals surface area contributed by atoms with Gasteiger partial charge in [-0.15, -0.1) is 0 Å². The Morgan fingerprint density at radius 3 is 1.77 bits per heavy atom. The van der Waals surface area contributed by atoms with E-state index >= 15 is 0 Å². The Labute approximate surface area is 134 Å². The number of hydrogen-bond acceptors (Lipinski definition) is 4. The highest BCUT2D eigenvalue weighted by atomic mass is 16.6. The van der Waals surface area contributed by atoms with E-state index in [-0.39, 0.29) is 23.3 Å². The molecule has 4 nitrogen and oxygen atoms in total. The molecular weight excluding hydrogens is 280 g/mol. The summed E-state index contributed by atoms with van der Waals surface area (Å²) < 4.78 is 10.5. The second-order valence-electron chi connectivity index (χ2n) is 6.96. The SMILES string of the molecule is CC(C)COC(=O)C(=CC1CCCCC1)C(=O)OCC(C)C. The quantitative estimate of drug-likeness (QED) is 0.310. The molecule has 0 saturated heterocycles. The van der Waals surface area contributed by atoms with Crippen molar-refractivity contribution in [3.05, 3.63) is 11.6 Å². The van der Waals surface area contributed by atoms with E-state index in [0.29, 0.717) is 13.2 Å². The molecule has 0 heterocycles. The summed E-state index contributed by atoms with van der Waals surface area (Å²) in [5, 5.41) is 0. The number of allylic oxidation sites excluding steroid dienone is 1. The Morgan fingerprint density at radius 1 is 0.909 bits per heavy atom. The molecule has 1 aliphatic rings. The van der Waals surface area contributed by atoms with Crippen molar-refractivity contribution < 1.29 is 19.1 Å². The standard InChI is InChI=1S/C18H30O4/c1-13(2)11-21-17(19)16(18(20)22-12-14(3)4)10-15-8-6-5-7-9-15/h10,13-15H,5-9,11-12H2,1-4H3. The van der Waals surface area contributed by atoms with Crippen molar-refractivity contribution in [2.45, 2.75) is 59.8 Å². The summed E-state index contributed by atoms with van der Waals surface area (Å²) in [7, 11) is 0. The molecule has 0 aromatic heterocycles. The molecule has 0 aromatic rings. The normalized spacial score (nSPS) is 15.7. The van der Waals surface area contributed by atoms with Gasteiger partial charge in [0.25, 0.3) is 0 Å². The molecule has 1 fully saturated rings. The first-order valence-electron chi connectivity index (χ1n) is 8.46. The van der Waals surface area contributed by atoms with Crippen LogP contribution >= 0.6 is 0 Å². The summed E-state index contributed by atoms with van der Waals surface area (Å²) in [5.41, 5.74) is 0.0770. The van der Waals surface area contributed by atoms with Crippen LogP contribution in [0.2, 0.25) is 0 Å². The van der Waals surface area contributed by atoms with Crippen molar-refractivity contribution in [2.75, 3.05) is 13.2 Å². The Balaban J connectivity index is 2.76. The third-order valence-corrected chi connectivity index (χ3v) is 3.59. The monoisotopic (exact) mass is 310 g/mol. The lowest BCUT2D eigenvalue weighted by Gasteiger charge is -2.19. The smallest absolute Gasteiger partial charge is 0.345 e. The third-order valence-electron chi connectivity index (χ3n) is 3.59. The fourth-order valence-electron chi connectivity index (χ4n) is 2.40. The van der Waals surface area contributed by atoms with Crippen molar-refractivity contribution >= 4 is 11.9 Å². The van der Waals surface area contributed by atoms with Gasteiger partial charge in [-0.25, -0.2) is 9.59 Å². The van der Waals surface area contributed by atoms with E-state index in [1.165, 1.54) is 6.42 Å². The third kappa shape index (κ3) is 7.10. The molecule has 1 aliphatic carbocycles. The van der Waals surface area contributed by atoms with Gasteiger partial charge in [-0.05, 0) is 30.6 Å². The predicted molar refractivity (Wildman–Crippen MR) is 86.3 cm³/mol. The topological polar surface area (TPSA) is 52.6 Å². The summed E-state index contributed by atoms with van der Waals surface area (Å²) in [6, 6.07) is 0. The number of ether oxygens (including phenoxy) is 2. The van der Waals surface area contributed by atoms with Gasteiger partial charge in [-0.2, -0.15) is 0 Å². The van der Waals surface area contributed by atoms with E-state index < -0.39 is 11.9 Å². The van der Waals surface area contributed by atoms with Gasteiger partial charge in [0.2, 0.25) is 0 Å². The van der Waals surface area contributed by atoms with E-state index in [2.05, 4.69) is 0 Å². The number of rotatable bonds is 7. The maximum absolute atomic E-state index is 12.2. The summed E-state index contributed by atoms with van der Waals surface area (Å²) in [5.74, 6) is -0.332. The van der Waals surface area contributed by atoms with Crippen LogP contribution in [0.5, 0.6) is 0 Å². The van der Waals surface area contributed by atoms with Crippen LogP contribution in [-0.2, 0) is 19.1 Å². The predicted octanol–water partition coefficient (Wildman–Crippen LogP) is 3.89. The Hall–Kier alpha value is -1.32. The summed E-state index contributed by atoms with van der Waals surface area (Å²) in [6.45, 7) is 8.50. The van der Waals surface area contributed by atoms with Crippen LogP contribution in [0.1, 0.15) is 59.8 Å². The minimum atomic E-state index is -0.548. The maximum Gasteiger partial charge on any atom is 0.345 e. The minimum Gasteiger partial charge on any atom is -0.462 e. The molecule has 0 radical (unpaired) electrons. The molecular formula is C18H30O4. The molecule has 0 atom stereocenters. The van der Waals surface area contributed by atoms with Gasteiger partial charge in [-0.3, -0.25) is 0 Å². The summed E-state index contributed by atoms with van der Waals surface area (Å²) in [4.78, 5) is 24.4. The second kappa shape index (κ2) is 9.65. The lowest BCUT2D eigenvalue weighted by atomic mass is 9.88. The van der Waals surface area contributed by atoms with Crippen LogP contribution in [0.4, 0.5) is 0 Å². The molecule has 0 N–H and O–H groups in total. The van der Waals surface area contributed by atoms with Gasteiger partial charge in [0, 0.05) is 0 Å². The Bertz CT molecular complexity index is 364. The zero-order valence-corrected chi connectivity index (χ0v) is 14.4. The van der Waals surface area contributed by atoms with Crippen molar-refractivity contribution in [3.8, 4) is 0 Å². The van der Waals surface area contributed by atoms with Gasteiger partial charge in [0.1, 0.15) is 5.57 Å². The lowest BCUT2D eigenvalue weighted by Crippen LogP contribution is -2.22. The Morgan fingerprint density at radius 2 is 1.36 bits per heavy atom. The molecule has 1 rings (SSSR count). The molecule has 4 heteroatoms.